The molecule has 1 aromatic heterocycles. The number of anilines is 1. The van der Waals surface area contributed by atoms with Gasteiger partial charge in [0.1, 0.15) is 5.69 Å². The van der Waals surface area contributed by atoms with Gasteiger partial charge in [-0.05, 0) is 26.4 Å². The topological polar surface area (TPSA) is 67.4 Å². The van der Waals surface area contributed by atoms with Crippen molar-refractivity contribution in [2.24, 2.45) is 0 Å². The number of nitrogens with two attached hydrogens (primary N) is 1. The summed E-state index contributed by atoms with van der Waals surface area (Å²) in [5, 5.41) is 4.15. The Labute approximate surface area is 120 Å². The molecule has 112 valence electrons. The average Bonchev–Trinajstić information content (AvgIpc) is 3.06. The van der Waals surface area contributed by atoms with Crippen LogP contribution in [0.1, 0.15) is 37.7 Å². The summed E-state index contributed by atoms with van der Waals surface area (Å²) in [4.78, 5) is 16.9. The Morgan fingerprint density at radius 1 is 1.45 bits per heavy atom. The highest BCUT2D eigenvalue weighted by atomic mass is 16.2. The molecule has 1 atom stereocenters. The predicted octanol–water partition coefficient (Wildman–Crippen LogP) is 1.04. The Morgan fingerprint density at radius 2 is 2.15 bits per heavy atom. The molecule has 1 amide bonds. The summed E-state index contributed by atoms with van der Waals surface area (Å²) >= 11 is 0. The van der Waals surface area contributed by atoms with Gasteiger partial charge < -0.3 is 10.6 Å². The molecule has 0 aromatic carbocycles. The van der Waals surface area contributed by atoms with Crippen molar-refractivity contribution in [3.05, 3.63) is 11.9 Å². The molecule has 0 aliphatic carbocycles. The molecule has 0 saturated carbocycles. The SMILES string of the molecule is CCN(CC)C1CCN(C(=O)c2c(N)cnn2CC)C1. The van der Waals surface area contributed by atoms with Crippen molar-refractivity contribution in [2.45, 2.75) is 39.8 Å². The maximum Gasteiger partial charge on any atom is 0.274 e. The molecule has 1 aliphatic rings. The van der Waals surface area contributed by atoms with Gasteiger partial charge in [-0.2, -0.15) is 5.10 Å². The van der Waals surface area contributed by atoms with E-state index in [0.717, 1.165) is 32.6 Å². The van der Waals surface area contributed by atoms with Crippen LogP contribution in [0.25, 0.3) is 0 Å². The van der Waals surface area contributed by atoms with Gasteiger partial charge in [-0.3, -0.25) is 14.4 Å². The Kier molecular flexibility index (Phi) is 4.65. The van der Waals surface area contributed by atoms with E-state index in [0.29, 0.717) is 24.0 Å². The van der Waals surface area contributed by atoms with Crippen LogP contribution in [0, 0.1) is 0 Å². The first-order valence-corrected chi connectivity index (χ1v) is 7.46. The minimum absolute atomic E-state index is 0.0107. The summed E-state index contributed by atoms with van der Waals surface area (Å²) in [6.45, 7) is 10.6. The first-order valence-electron chi connectivity index (χ1n) is 7.46. The van der Waals surface area contributed by atoms with Crippen molar-refractivity contribution in [1.29, 1.82) is 0 Å². The Balaban J connectivity index is 2.10. The van der Waals surface area contributed by atoms with E-state index in [1.165, 1.54) is 0 Å². The van der Waals surface area contributed by atoms with Crippen LogP contribution in [-0.2, 0) is 6.54 Å². The number of hydrogen-bond acceptors (Lipinski definition) is 4. The van der Waals surface area contributed by atoms with Crippen molar-refractivity contribution < 1.29 is 4.79 Å². The smallest absolute Gasteiger partial charge is 0.274 e. The van der Waals surface area contributed by atoms with Gasteiger partial charge in [0.05, 0.1) is 11.9 Å². The van der Waals surface area contributed by atoms with Crippen LogP contribution >= 0.6 is 0 Å². The summed E-state index contributed by atoms with van der Waals surface area (Å²) in [6, 6.07) is 0.466. The van der Waals surface area contributed by atoms with Crippen molar-refractivity contribution >= 4 is 11.6 Å². The van der Waals surface area contributed by atoms with Gasteiger partial charge in [-0.25, -0.2) is 0 Å². The van der Waals surface area contributed by atoms with Crippen molar-refractivity contribution in [3.8, 4) is 0 Å². The van der Waals surface area contributed by atoms with Crippen molar-refractivity contribution in [2.75, 3.05) is 31.9 Å². The minimum Gasteiger partial charge on any atom is -0.396 e. The number of nitrogen functional groups attached to an aromatic ring is 1. The maximum atomic E-state index is 12.6. The molecule has 0 bridgehead atoms. The van der Waals surface area contributed by atoms with Gasteiger partial charge in [0.15, 0.2) is 0 Å². The van der Waals surface area contributed by atoms with E-state index >= 15 is 0 Å². The predicted molar refractivity (Wildman–Crippen MR) is 79.5 cm³/mol. The number of aryl methyl sites for hydroxylation is 1. The maximum absolute atomic E-state index is 12.6. The normalized spacial score (nSPS) is 19.0. The van der Waals surface area contributed by atoms with Gasteiger partial charge >= 0.3 is 0 Å². The Hall–Kier alpha value is -1.56. The molecule has 20 heavy (non-hydrogen) atoms. The standard InChI is InChI=1S/C14H25N5O/c1-4-17(5-2)11-7-8-18(10-11)14(20)13-12(15)9-16-19(13)6-3/h9,11H,4-8,10,15H2,1-3H3. The average molecular weight is 279 g/mol. The second-order valence-corrected chi connectivity index (χ2v) is 5.18. The zero-order chi connectivity index (χ0) is 14.7. The summed E-state index contributed by atoms with van der Waals surface area (Å²) in [7, 11) is 0. The van der Waals surface area contributed by atoms with E-state index in [1.807, 2.05) is 11.8 Å². The number of nitrogens with zero attached hydrogens (tertiary/aromatic N) is 4. The number of likely N-dealkylation sites (tertiary alicyclic amines) is 1. The lowest BCUT2D eigenvalue weighted by Gasteiger charge is -2.26. The zero-order valence-corrected chi connectivity index (χ0v) is 12.7. The van der Waals surface area contributed by atoms with E-state index in [-0.39, 0.29) is 5.91 Å². The third-order valence-corrected chi connectivity index (χ3v) is 4.15. The van der Waals surface area contributed by atoms with E-state index < -0.39 is 0 Å². The molecule has 2 N–H and O–H groups in total. The molecule has 1 fully saturated rings. The largest absolute Gasteiger partial charge is 0.396 e. The second-order valence-electron chi connectivity index (χ2n) is 5.18. The lowest BCUT2D eigenvalue weighted by molar-refractivity contribution is 0.0767. The molecule has 6 nitrogen and oxygen atoms in total. The fraction of sp³-hybridized carbons (Fsp3) is 0.714. The number of carbonyl (C=O) groups excluding carboxylic acids is 1. The minimum atomic E-state index is 0.0107. The van der Waals surface area contributed by atoms with Gasteiger partial charge in [-0.15, -0.1) is 0 Å². The van der Waals surface area contributed by atoms with Crippen LogP contribution in [0.5, 0.6) is 0 Å². The van der Waals surface area contributed by atoms with Gasteiger partial charge in [0, 0.05) is 25.7 Å². The first-order chi connectivity index (χ1) is 9.62. The second kappa shape index (κ2) is 6.26. The molecule has 1 aliphatic heterocycles. The highest BCUT2D eigenvalue weighted by molar-refractivity contribution is 5.97. The third kappa shape index (κ3) is 2.65. The molecule has 1 aromatic rings. The van der Waals surface area contributed by atoms with Gasteiger partial charge in [-0.1, -0.05) is 13.8 Å². The molecule has 2 rings (SSSR count). The fourth-order valence-electron chi connectivity index (χ4n) is 2.99. The number of likely N-dealkylation sites (N-methyl/N-ethyl adjacent to an activating group) is 1. The van der Waals surface area contributed by atoms with E-state index in [2.05, 4.69) is 23.8 Å². The van der Waals surface area contributed by atoms with E-state index in [9.17, 15) is 4.79 Å². The molecular formula is C14H25N5O. The van der Waals surface area contributed by atoms with Crippen molar-refractivity contribution in [3.63, 3.8) is 0 Å². The van der Waals surface area contributed by atoms with Crippen LogP contribution in [0.3, 0.4) is 0 Å². The van der Waals surface area contributed by atoms with Crippen LogP contribution in [0.15, 0.2) is 6.20 Å². The molecular weight excluding hydrogens is 254 g/mol. The van der Waals surface area contributed by atoms with Crippen LogP contribution in [-0.4, -0.2) is 57.7 Å². The molecule has 1 saturated heterocycles. The zero-order valence-electron chi connectivity index (χ0n) is 12.7. The number of rotatable bonds is 5. The van der Waals surface area contributed by atoms with E-state index in [1.54, 1.807) is 10.9 Å². The summed E-state index contributed by atoms with van der Waals surface area (Å²) < 4.78 is 1.68. The number of carbonyl (C=O) groups is 1. The van der Waals surface area contributed by atoms with Gasteiger partial charge in [0.25, 0.3) is 5.91 Å². The van der Waals surface area contributed by atoms with Crippen molar-refractivity contribution in [1.82, 2.24) is 19.6 Å². The Morgan fingerprint density at radius 3 is 2.75 bits per heavy atom. The lowest BCUT2D eigenvalue weighted by Crippen LogP contribution is -2.39. The third-order valence-electron chi connectivity index (χ3n) is 4.15. The molecule has 2 heterocycles. The molecule has 6 heteroatoms. The summed E-state index contributed by atoms with van der Waals surface area (Å²) in [6.07, 6.45) is 2.60. The number of hydrogen-bond donors (Lipinski definition) is 1. The van der Waals surface area contributed by atoms with Crippen LogP contribution in [0.4, 0.5) is 5.69 Å². The van der Waals surface area contributed by atoms with E-state index in [4.69, 9.17) is 5.73 Å². The quantitative estimate of drug-likeness (QED) is 0.874. The number of aromatic nitrogens is 2. The van der Waals surface area contributed by atoms with Crippen LogP contribution < -0.4 is 5.73 Å². The summed E-state index contributed by atoms with van der Waals surface area (Å²) in [5.74, 6) is 0.0107. The lowest BCUT2D eigenvalue weighted by atomic mass is 10.2. The molecule has 0 radical (unpaired) electrons. The van der Waals surface area contributed by atoms with Crippen LogP contribution in [0.2, 0.25) is 0 Å². The highest BCUT2D eigenvalue weighted by Crippen LogP contribution is 2.20. The van der Waals surface area contributed by atoms with Gasteiger partial charge in [0.2, 0.25) is 0 Å². The number of amides is 1. The highest BCUT2D eigenvalue weighted by Gasteiger charge is 2.31. The molecule has 1 unspecified atom stereocenters. The Bertz CT molecular complexity index is 466. The first kappa shape index (κ1) is 14.8. The fourth-order valence-corrected chi connectivity index (χ4v) is 2.99. The monoisotopic (exact) mass is 279 g/mol. The summed E-state index contributed by atoms with van der Waals surface area (Å²) in [5.41, 5.74) is 6.90. The molecule has 0 spiro atoms.